The predicted octanol–water partition coefficient (Wildman–Crippen LogP) is 3.70. The van der Waals surface area contributed by atoms with E-state index in [4.69, 9.17) is 0 Å². The molecule has 0 unspecified atom stereocenters. The Balaban J connectivity index is 1.56. The summed E-state index contributed by atoms with van der Waals surface area (Å²) in [5, 5.41) is 19.6. The monoisotopic (exact) mass is 306 g/mol. The molecule has 4 aliphatic carbocycles. The Morgan fingerprint density at radius 3 is 2.50 bits per heavy atom. The van der Waals surface area contributed by atoms with Gasteiger partial charge in [-0.15, -0.1) is 0 Å². The van der Waals surface area contributed by atoms with Crippen LogP contribution in [0.5, 0.6) is 0 Å². The van der Waals surface area contributed by atoms with Crippen LogP contribution in [0.25, 0.3) is 0 Å². The number of aliphatic hydroxyl groups excluding tert-OH is 1. The van der Waals surface area contributed by atoms with E-state index >= 15 is 0 Å². The summed E-state index contributed by atoms with van der Waals surface area (Å²) in [7, 11) is 0. The van der Waals surface area contributed by atoms with Crippen LogP contribution in [0.4, 0.5) is 0 Å². The molecule has 0 saturated heterocycles. The fourth-order valence-electron chi connectivity index (χ4n) is 7.23. The quantitative estimate of drug-likeness (QED) is 0.776. The average Bonchev–Trinajstić information content (AvgIpc) is 2.84. The van der Waals surface area contributed by atoms with E-state index in [-0.39, 0.29) is 17.4 Å². The second-order valence-corrected chi connectivity index (χ2v) is 8.92. The summed E-state index contributed by atoms with van der Waals surface area (Å²) in [6, 6.07) is 0. The molecule has 8 atom stereocenters. The summed E-state index contributed by atoms with van der Waals surface area (Å²) in [5.74, 6) is 3.11. The Bertz CT molecular complexity index is 462. The van der Waals surface area contributed by atoms with Crippen LogP contribution in [0, 0.1) is 40.9 Å². The van der Waals surface area contributed by atoms with Crippen molar-refractivity contribution < 1.29 is 15.0 Å². The number of aliphatic carboxylic acids is 1. The SMILES string of the molecule is C[C@]12CC[C@H]3[C@@H](CC[C@@H]4C[C@H](O)CC[C@@H]43)[C@@H]1CC[C@@H]2C(=O)O. The summed E-state index contributed by atoms with van der Waals surface area (Å²) < 4.78 is 0. The van der Waals surface area contributed by atoms with E-state index in [1.165, 1.54) is 25.7 Å². The predicted molar refractivity (Wildman–Crippen MR) is 84.2 cm³/mol. The first-order valence-electron chi connectivity index (χ1n) is 9.41. The van der Waals surface area contributed by atoms with Crippen molar-refractivity contribution in [2.24, 2.45) is 40.9 Å². The molecule has 4 saturated carbocycles. The molecule has 2 N–H and O–H groups in total. The third-order valence-corrected chi connectivity index (χ3v) is 8.22. The molecule has 4 aliphatic rings. The maximum absolute atomic E-state index is 11.7. The Kier molecular flexibility index (Phi) is 3.56. The van der Waals surface area contributed by atoms with Crippen molar-refractivity contribution in [3.63, 3.8) is 0 Å². The van der Waals surface area contributed by atoms with Crippen LogP contribution in [0.3, 0.4) is 0 Å². The van der Waals surface area contributed by atoms with Gasteiger partial charge in [0.15, 0.2) is 0 Å². The van der Waals surface area contributed by atoms with Crippen LogP contribution in [0.1, 0.15) is 64.7 Å². The van der Waals surface area contributed by atoms with Gasteiger partial charge in [0.2, 0.25) is 0 Å². The van der Waals surface area contributed by atoms with Crippen LogP contribution in [0.2, 0.25) is 0 Å². The lowest BCUT2D eigenvalue weighted by atomic mass is 9.49. The summed E-state index contributed by atoms with van der Waals surface area (Å²) in [6.45, 7) is 2.27. The number of rotatable bonds is 1. The molecule has 0 radical (unpaired) electrons. The fraction of sp³-hybridized carbons (Fsp3) is 0.947. The molecule has 0 amide bonds. The first-order chi connectivity index (χ1) is 10.5. The molecule has 0 aliphatic heterocycles. The van der Waals surface area contributed by atoms with E-state index in [0.29, 0.717) is 5.92 Å². The van der Waals surface area contributed by atoms with Gasteiger partial charge in [-0.25, -0.2) is 0 Å². The standard InChI is InChI=1S/C19H30O3/c1-19-9-8-14-13-5-3-12(20)10-11(13)2-4-15(14)16(19)6-7-17(19)18(21)22/h11-17,20H,2-10H2,1H3,(H,21,22)/t11-,12-,13+,14-,15-,16+,17-,19+/m1/s1. The third kappa shape index (κ3) is 2.07. The normalized spacial score (nSPS) is 54.2. The van der Waals surface area contributed by atoms with Gasteiger partial charge in [-0.3, -0.25) is 4.79 Å². The van der Waals surface area contributed by atoms with Crippen LogP contribution >= 0.6 is 0 Å². The van der Waals surface area contributed by atoms with Crippen molar-refractivity contribution >= 4 is 5.97 Å². The second kappa shape index (κ2) is 5.22. The van der Waals surface area contributed by atoms with E-state index < -0.39 is 5.97 Å². The topological polar surface area (TPSA) is 57.5 Å². The number of aliphatic hydroxyl groups is 1. The van der Waals surface area contributed by atoms with Crippen molar-refractivity contribution in [3.05, 3.63) is 0 Å². The maximum Gasteiger partial charge on any atom is 0.307 e. The van der Waals surface area contributed by atoms with Crippen LogP contribution in [0.15, 0.2) is 0 Å². The number of hydrogen-bond donors (Lipinski definition) is 2. The Morgan fingerprint density at radius 1 is 0.955 bits per heavy atom. The summed E-state index contributed by atoms with van der Waals surface area (Å²) in [6.07, 6.45) is 10.1. The fourth-order valence-corrected chi connectivity index (χ4v) is 7.23. The Hall–Kier alpha value is -0.570. The van der Waals surface area contributed by atoms with Crippen molar-refractivity contribution in [3.8, 4) is 0 Å². The molecule has 4 fully saturated rings. The van der Waals surface area contributed by atoms with Gasteiger partial charge < -0.3 is 10.2 Å². The minimum absolute atomic E-state index is 0.0496. The van der Waals surface area contributed by atoms with Crippen molar-refractivity contribution in [1.82, 2.24) is 0 Å². The van der Waals surface area contributed by atoms with Crippen LogP contribution < -0.4 is 0 Å². The molecular formula is C19H30O3. The molecule has 0 heterocycles. The smallest absolute Gasteiger partial charge is 0.307 e. The van der Waals surface area contributed by atoms with Gasteiger partial charge in [-0.2, -0.15) is 0 Å². The number of carbonyl (C=O) groups is 1. The van der Waals surface area contributed by atoms with E-state index in [2.05, 4.69) is 6.92 Å². The van der Waals surface area contributed by atoms with Gasteiger partial charge in [0.05, 0.1) is 12.0 Å². The molecule has 4 rings (SSSR count). The minimum atomic E-state index is -0.557. The van der Waals surface area contributed by atoms with Gasteiger partial charge in [0.25, 0.3) is 0 Å². The first-order valence-corrected chi connectivity index (χ1v) is 9.41. The van der Waals surface area contributed by atoms with E-state index in [0.717, 1.165) is 55.8 Å². The highest BCUT2D eigenvalue weighted by atomic mass is 16.4. The molecule has 124 valence electrons. The molecule has 0 bridgehead atoms. The second-order valence-electron chi connectivity index (χ2n) is 8.92. The minimum Gasteiger partial charge on any atom is -0.481 e. The highest BCUT2D eigenvalue weighted by molar-refractivity contribution is 5.71. The molecule has 22 heavy (non-hydrogen) atoms. The van der Waals surface area contributed by atoms with E-state index in [1.807, 2.05) is 0 Å². The third-order valence-electron chi connectivity index (χ3n) is 8.22. The van der Waals surface area contributed by atoms with Crippen LogP contribution in [-0.4, -0.2) is 22.3 Å². The molecule has 0 aromatic heterocycles. The number of fused-ring (bicyclic) bond motifs is 5. The van der Waals surface area contributed by atoms with E-state index in [1.54, 1.807) is 0 Å². The number of hydrogen-bond acceptors (Lipinski definition) is 2. The average molecular weight is 306 g/mol. The van der Waals surface area contributed by atoms with Gasteiger partial charge in [0.1, 0.15) is 0 Å². The highest BCUT2D eigenvalue weighted by Crippen LogP contribution is 2.64. The van der Waals surface area contributed by atoms with Gasteiger partial charge in [-0.05, 0) is 92.8 Å². The maximum atomic E-state index is 11.7. The zero-order valence-electron chi connectivity index (χ0n) is 13.7. The van der Waals surface area contributed by atoms with E-state index in [9.17, 15) is 15.0 Å². The zero-order chi connectivity index (χ0) is 15.5. The summed E-state index contributed by atoms with van der Waals surface area (Å²) in [5.41, 5.74) is 0.0496. The van der Waals surface area contributed by atoms with Crippen molar-refractivity contribution in [2.75, 3.05) is 0 Å². The van der Waals surface area contributed by atoms with Gasteiger partial charge >= 0.3 is 5.97 Å². The summed E-state index contributed by atoms with van der Waals surface area (Å²) in [4.78, 5) is 11.7. The molecule has 0 aromatic carbocycles. The highest BCUT2D eigenvalue weighted by Gasteiger charge is 2.58. The summed E-state index contributed by atoms with van der Waals surface area (Å²) >= 11 is 0. The van der Waals surface area contributed by atoms with Crippen molar-refractivity contribution in [1.29, 1.82) is 0 Å². The van der Waals surface area contributed by atoms with Crippen molar-refractivity contribution in [2.45, 2.75) is 70.8 Å². The molecule has 0 aromatic rings. The van der Waals surface area contributed by atoms with Crippen LogP contribution in [-0.2, 0) is 4.79 Å². The first kappa shape index (κ1) is 15.0. The lowest BCUT2D eigenvalue weighted by molar-refractivity contribution is -0.149. The van der Waals surface area contributed by atoms with Gasteiger partial charge in [-0.1, -0.05) is 6.92 Å². The number of carboxylic acid groups (broad SMARTS) is 1. The largest absolute Gasteiger partial charge is 0.481 e. The molecule has 3 nitrogen and oxygen atoms in total. The lowest BCUT2D eigenvalue weighted by Gasteiger charge is -2.55. The van der Waals surface area contributed by atoms with Gasteiger partial charge in [0, 0.05) is 0 Å². The Labute approximate surface area is 133 Å². The zero-order valence-corrected chi connectivity index (χ0v) is 13.7. The Morgan fingerprint density at radius 2 is 1.73 bits per heavy atom. The lowest BCUT2D eigenvalue weighted by Crippen LogP contribution is -2.49. The molecular weight excluding hydrogens is 276 g/mol. The molecule has 0 spiro atoms. The number of carboxylic acids is 1. The molecule has 3 heteroatoms.